The predicted molar refractivity (Wildman–Crippen MR) is 89.0 cm³/mol. The number of ether oxygens (including phenoxy) is 1. The molecule has 1 saturated heterocycles. The van der Waals surface area contributed by atoms with Gasteiger partial charge in [0, 0.05) is 36.6 Å². The normalized spacial score (nSPS) is 37.3. The third-order valence-electron chi connectivity index (χ3n) is 6.59. The van der Waals surface area contributed by atoms with E-state index in [2.05, 4.69) is 17.6 Å². The van der Waals surface area contributed by atoms with Gasteiger partial charge in [-0.05, 0) is 39.0 Å². The summed E-state index contributed by atoms with van der Waals surface area (Å²) in [6.45, 7) is 3.95. The summed E-state index contributed by atoms with van der Waals surface area (Å²) < 4.78 is 6.09. The van der Waals surface area contributed by atoms with Crippen LogP contribution in [-0.4, -0.2) is 37.3 Å². The summed E-state index contributed by atoms with van der Waals surface area (Å²) in [5.74, 6) is 1.78. The molecule has 1 heterocycles. The number of guanidine groups is 1. The SMILES string of the molecule is CCN=C(NC1CCCC1)NC1C2CCOC2C12CCCC2. The fourth-order valence-corrected chi connectivity index (χ4v) is 5.61. The van der Waals surface area contributed by atoms with E-state index in [4.69, 9.17) is 9.73 Å². The molecular formula is C18H31N3O. The van der Waals surface area contributed by atoms with Gasteiger partial charge in [0.15, 0.2) is 5.96 Å². The molecule has 124 valence electrons. The third kappa shape index (κ3) is 2.34. The minimum Gasteiger partial charge on any atom is -0.377 e. The van der Waals surface area contributed by atoms with Crippen LogP contribution in [0.2, 0.25) is 0 Å². The van der Waals surface area contributed by atoms with Gasteiger partial charge < -0.3 is 15.4 Å². The van der Waals surface area contributed by atoms with Crippen molar-refractivity contribution in [2.75, 3.05) is 13.2 Å². The maximum Gasteiger partial charge on any atom is 0.191 e. The summed E-state index contributed by atoms with van der Waals surface area (Å²) in [6.07, 6.45) is 12.5. The molecule has 0 aromatic carbocycles. The zero-order chi connectivity index (χ0) is 15.0. The highest BCUT2D eigenvalue weighted by Crippen LogP contribution is 2.60. The highest BCUT2D eigenvalue weighted by atomic mass is 16.5. The Labute approximate surface area is 134 Å². The highest BCUT2D eigenvalue weighted by molar-refractivity contribution is 5.80. The van der Waals surface area contributed by atoms with Gasteiger partial charge in [-0.2, -0.15) is 0 Å². The molecule has 3 atom stereocenters. The molecule has 3 aliphatic carbocycles. The van der Waals surface area contributed by atoms with E-state index in [0.717, 1.165) is 19.1 Å². The van der Waals surface area contributed by atoms with Crippen LogP contribution in [0.25, 0.3) is 0 Å². The van der Waals surface area contributed by atoms with Crippen LogP contribution in [-0.2, 0) is 4.74 Å². The van der Waals surface area contributed by atoms with Gasteiger partial charge in [0.25, 0.3) is 0 Å². The Balaban J connectivity index is 1.46. The molecule has 3 saturated carbocycles. The van der Waals surface area contributed by atoms with Crippen LogP contribution in [0.15, 0.2) is 4.99 Å². The molecule has 4 aliphatic rings. The lowest BCUT2D eigenvalue weighted by Crippen LogP contribution is -2.69. The van der Waals surface area contributed by atoms with Gasteiger partial charge in [-0.15, -0.1) is 0 Å². The summed E-state index contributed by atoms with van der Waals surface area (Å²) in [4.78, 5) is 4.73. The molecule has 4 rings (SSSR count). The van der Waals surface area contributed by atoms with Crippen molar-refractivity contribution in [3.8, 4) is 0 Å². The molecule has 0 radical (unpaired) electrons. The largest absolute Gasteiger partial charge is 0.377 e. The van der Waals surface area contributed by atoms with E-state index < -0.39 is 0 Å². The molecule has 1 aliphatic heterocycles. The van der Waals surface area contributed by atoms with Crippen molar-refractivity contribution < 1.29 is 4.74 Å². The highest BCUT2D eigenvalue weighted by Gasteiger charge is 2.65. The van der Waals surface area contributed by atoms with Crippen molar-refractivity contribution >= 4 is 5.96 Å². The van der Waals surface area contributed by atoms with Crippen molar-refractivity contribution in [3.05, 3.63) is 0 Å². The number of hydrogen-bond acceptors (Lipinski definition) is 2. The van der Waals surface area contributed by atoms with Crippen molar-refractivity contribution in [3.63, 3.8) is 0 Å². The van der Waals surface area contributed by atoms with Gasteiger partial charge >= 0.3 is 0 Å². The maximum atomic E-state index is 6.09. The summed E-state index contributed by atoms with van der Waals surface area (Å²) >= 11 is 0. The van der Waals surface area contributed by atoms with Gasteiger partial charge in [-0.25, -0.2) is 0 Å². The Hall–Kier alpha value is -0.770. The van der Waals surface area contributed by atoms with Gasteiger partial charge in [-0.3, -0.25) is 4.99 Å². The summed E-state index contributed by atoms with van der Waals surface area (Å²) in [5.41, 5.74) is 0.410. The van der Waals surface area contributed by atoms with E-state index >= 15 is 0 Å². The second kappa shape index (κ2) is 6.03. The van der Waals surface area contributed by atoms with Crippen LogP contribution < -0.4 is 10.6 Å². The van der Waals surface area contributed by atoms with Crippen LogP contribution in [0.5, 0.6) is 0 Å². The number of nitrogens with one attached hydrogen (secondary N) is 2. The lowest BCUT2D eigenvalue weighted by molar-refractivity contribution is -0.125. The van der Waals surface area contributed by atoms with Gasteiger partial charge in [0.1, 0.15) is 0 Å². The number of hydrogen-bond donors (Lipinski definition) is 2. The van der Waals surface area contributed by atoms with Gasteiger partial charge in [-0.1, -0.05) is 25.7 Å². The molecule has 3 unspecified atom stereocenters. The van der Waals surface area contributed by atoms with Crippen molar-refractivity contribution in [1.29, 1.82) is 0 Å². The monoisotopic (exact) mass is 305 g/mol. The zero-order valence-electron chi connectivity index (χ0n) is 13.9. The zero-order valence-corrected chi connectivity index (χ0v) is 13.9. The standard InChI is InChI=1S/C18H31N3O/c1-2-19-17(20-13-7-3-4-8-13)21-15-14-9-12-22-16(14)18(15)10-5-6-11-18/h13-16H,2-12H2,1H3,(H2,19,20,21). The van der Waals surface area contributed by atoms with Gasteiger partial charge in [0.05, 0.1) is 6.10 Å². The molecule has 0 amide bonds. The first kappa shape index (κ1) is 14.8. The molecule has 0 aromatic heterocycles. The second-order valence-electron chi connectivity index (χ2n) is 7.75. The number of aliphatic imine (C=N–C) groups is 1. The Morgan fingerprint density at radius 2 is 1.86 bits per heavy atom. The van der Waals surface area contributed by atoms with Crippen LogP contribution in [0.4, 0.5) is 0 Å². The van der Waals surface area contributed by atoms with Crippen molar-refractivity contribution in [2.24, 2.45) is 16.3 Å². The summed E-state index contributed by atoms with van der Waals surface area (Å²) in [7, 11) is 0. The van der Waals surface area contributed by atoms with Crippen LogP contribution in [0, 0.1) is 11.3 Å². The lowest BCUT2D eigenvalue weighted by atomic mass is 9.54. The first-order valence-corrected chi connectivity index (χ1v) is 9.52. The summed E-state index contributed by atoms with van der Waals surface area (Å²) in [5, 5.41) is 7.54. The van der Waals surface area contributed by atoms with Crippen LogP contribution in [0.3, 0.4) is 0 Å². The molecule has 2 N–H and O–H groups in total. The third-order valence-corrected chi connectivity index (χ3v) is 6.59. The van der Waals surface area contributed by atoms with Crippen LogP contribution in [0.1, 0.15) is 64.7 Å². The fraction of sp³-hybridized carbons (Fsp3) is 0.944. The smallest absolute Gasteiger partial charge is 0.191 e. The Bertz CT molecular complexity index is 424. The molecule has 4 nitrogen and oxygen atoms in total. The van der Waals surface area contributed by atoms with Gasteiger partial charge in [0.2, 0.25) is 0 Å². The number of fused-ring (bicyclic) bond motifs is 2. The average Bonchev–Trinajstić information content (AvgIpc) is 3.25. The summed E-state index contributed by atoms with van der Waals surface area (Å²) in [6, 6.07) is 1.22. The maximum absolute atomic E-state index is 6.09. The molecule has 1 spiro atoms. The first-order chi connectivity index (χ1) is 10.8. The molecule has 22 heavy (non-hydrogen) atoms. The predicted octanol–water partition coefficient (Wildman–Crippen LogP) is 2.83. The quantitative estimate of drug-likeness (QED) is 0.622. The van der Waals surface area contributed by atoms with E-state index in [1.807, 2.05) is 0 Å². The molecule has 0 aromatic rings. The van der Waals surface area contributed by atoms with Crippen molar-refractivity contribution in [2.45, 2.75) is 82.9 Å². The van der Waals surface area contributed by atoms with Crippen molar-refractivity contribution in [1.82, 2.24) is 10.6 Å². The molecule has 0 bridgehead atoms. The van der Waals surface area contributed by atoms with E-state index in [1.165, 1.54) is 57.8 Å². The Morgan fingerprint density at radius 1 is 1.09 bits per heavy atom. The first-order valence-electron chi connectivity index (χ1n) is 9.52. The average molecular weight is 305 g/mol. The van der Waals surface area contributed by atoms with E-state index in [9.17, 15) is 0 Å². The Morgan fingerprint density at radius 3 is 2.59 bits per heavy atom. The molecule has 4 fully saturated rings. The molecular weight excluding hydrogens is 274 g/mol. The minimum atomic E-state index is 0.410. The minimum absolute atomic E-state index is 0.410. The van der Waals surface area contributed by atoms with E-state index in [0.29, 0.717) is 29.5 Å². The fourth-order valence-electron chi connectivity index (χ4n) is 5.61. The van der Waals surface area contributed by atoms with E-state index in [-0.39, 0.29) is 0 Å². The molecule has 4 heteroatoms. The lowest BCUT2D eigenvalue weighted by Gasteiger charge is -2.57. The second-order valence-corrected chi connectivity index (χ2v) is 7.75. The van der Waals surface area contributed by atoms with Crippen LogP contribution >= 0.6 is 0 Å². The number of nitrogens with zero attached hydrogens (tertiary/aromatic N) is 1. The van der Waals surface area contributed by atoms with E-state index in [1.54, 1.807) is 0 Å². The number of rotatable bonds is 3. The Kier molecular flexibility index (Phi) is 4.05. The topological polar surface area (TPSA) is 45.7 Å².